The highest BCUT2D eigenvalue weighted by atomic mass is 32.1. The molecule has 0 spiro atoms. The van der Waals surface area contributed by atoms with Crippen molar-refractivity contribution in [1.82, 2.24) is 5.34 Å². The van der Waals surface area contributed by atoms with Gasteiger partial charge in [0.2, 0.25) is 0 Å². The third-order valence-corrected chi connectivity index (χ3v) is 2.71. The maximum atomic E-state index is 4.00. The van der Waals surface area contributed by atoms with Gasteiger partial charge in [0.15, 0.2) is 0 Å². The Morgan fingerprint density at radius 3 is 3.40 bits per heavy atom. The average molecular weight is 150 g/mol. The number of thiophene rings is 1. The van der Waals surface area contributed by atoms with Crippen LogP contribution in [-0.4, -0.2) is 13.1 Å². The van der Waals surface area contributed by atoms with Crippen LogP contribution in [0.15, 0.2) is 16.5 Å². The molecular weight excluding hydrogens is 143 g/mol. The van der Waals surface area contributed by atoms with Crippen molar-refractivity contribution in [2.45, 2.75) is 6.82 Å². The van der Waals surface area contributed by atoms with Crippen LogP contribution in [0.5, 0.6) is 0 Å². The Kier molecular flexibility index (Phi) is 1.27. The second-order valence-corrected chi connectivity index (χ2v) is 3.30. The van der Waals surface area contributed by atoms with Crippen molar-refractivity contribution < 1.29 is 0 Å². The summed E-state index contributed by atoms with van der Waals surface area (Å²) in [5.41, 5.74) is 1.26. The minimum atomic E-state index is 0.389. The zero-order chi connectivity index (χ0) is 6.97. The van der Waals surface area contributed by atoms with Gasteiger partial charge < -0.3 is 5.34 Å². The quantitative estimate of drug-likeness (QED) is 0.535. The molecule has 1 radical (unpaired) electrons. The van der Waals surface area contributed by atoms with E-state index >= 15 is 0 Å². The zero-order valence-corrected chi connectivity index (χ0v) is 6.48. The SMILES string of the molecule is C[B-]1NN=Cc2ccsc21. The molecule has 0 aliphatic carbocycles. The highest BCUT2D eigenvalue weighted by Gasteiger charge is 2.03. The normalized spacial score (nSPS) is 16.5. The van der Waals surface area contributed by atoms with Crippen molar-refractivity contribution in [1.29, 1.82) is 0 Å². The summed E-state index contributed by atoms with van der Waals surface area (Å²) >= 11 is 1.78. The third-order valence-electron chi connectivity index (χ3n) is 1.59. The fourth-order valence-corrected chi connectivity index (χ4v) is 1.94. The average Bonchev–Trinajstić information content (AvgIpc) is 2.36. The molecule has 10 heavy (non-hydrogen) atoms. The fourth-order valence-electron chi connectivity index (χ4n) is 1.07. The molecule has 1 aliphatic heterocycles. The van der Waals surface area contributed by atoms with Gasteiger partial charge in [-0.2, -0.15) is 22.9 Å². The lowest BCUT2D eigenvalue weighted by atomic mass is 9.63. The maximum absolute atomic E-state index is 4.00. The van der Waals surface area contributed by atoms with E-state index in [4.69, 9.17) is 0 Å². The third kappa shape index (κ3) is 0.760. The lowest BCUT2D eigenvalue weighted by Crippen LogP contribution is -2.41. The Morgan fingerprint density at radius 1 is 1.70 bits per heavy atom. The smallest absolute Gasteiger partial charge is 0.0471 e. The minimum Gasteiger partial charge on any atom is -0.507 e. The Labute approximate surface area is 64.1 Å². The number of hydrogen-bond acceptors (Lipinski definition) is 3. The molecule has 0 amide bonds. The molecule has 0 aromatic carbocycles. The predicted octanol–water partition coefficient (Wildman–Crippen LogP) is 0.514. The van der Waals surface area contributed by atoms with Crippen molar-refractivity contribution in [2.24, 2.45) is 5.10 Å². The van der Waals surface area contributed by atoms with Crippen LogP contribution >= 0.6 is 11.3 Å². The summed E-state index contributed by atoms with van der Waals surface area (Å²) in [6, 6.07) is 2.10. The summed E-state index contributed by atoms with van der Waals surface area (Å²) in [7, 11) is 0. The van der Waals surface area contributed by atoms with Crippen LogP contribution < -0.4 is 10.1 Å². The molecule has 0 bridgehead atoms. The van der Waals surface area contributed by atoms with Gasteiger partial charge in [-0.15, -0.1) is 0 Å². The molecule has 1 aromatic rings. The van der Waals surface area contributed by atoms with Crippen molar-refractivity contribution in [2.75, 3.05) is 0 Å². The van der Waals surface area contributed by atoms with E-state index in [1.54, 1.807) is 11.3 Å². The molecule has 0 saturated carbocycles. The molecule has 2 rings (SSSR count). The topological polar surface area (TPSA) is 24.4 Å². The summed E-state index contributed by atoms with van der Waals surface area (Å²) in [6.45, 7) is 2.51. The van der Waals surface area contributed by atoms with E-state index in [9.17, 15) is 0 Å². The first kappa shape index (κ1) is 5.98. The Hall–Kier alpha value is -0.765. The Morgan fingerprint density at radius 2 is 2.60 bits per heavy atom. The first-order valence-electron chi connectivity index (χ1n) is 3.24. The highest BCUT2D eigenvalue weighted by molar-refractivity contribution is 7.22. The Balaban J connectivity index is 2.52. The van der Waals surface area contributed by atoms with E-state index in [0.717, 1.165) is 0 Å². The van der Waals surface area contributed by atoms with Crippen LogP contribution in [0.1, 0.15) is 5.56 Å². The lowest BCUT2D eigenvalue weighted by Gasteiger charge is -2.24. The predicted molar refractivity (Wildman–Crippen MR) is 46.3 cm³/mol. The molecule has 0 saturated heterocycles. The molecule has 51 valence electrons. The molecule has 1 N–H and O–H groups in total. The summed E-state index contributed by atoms with van der Waals surface area (Å²) in [5.74, 6) is 0. The van der Waals surface area contributed by atoms with Crippen LogP contribution in [0.25, 0.3) is 0 Å². The molecule has 0 unspecified atom stereocenters. The summed E-state index contributed by atoms with van der Waals surface area (Å²) in [6.07, 6.45) is 1.87. The van der Waals surface area contributed by atoms with E-state index in [1.165, 1.54) is 10.3 Å². The largest absolute Gasteiger partial charge is 0.507 e. The number of hydrazone groups is 1. The van der Waals surface area contributed by atoms with Crippen LogP contribution in [0.2, 0.25) is 6.82 Å². The van der Waals surface area contributed by atoms with Crippen molar-refractivity contribution in [3.8, 4) is 0 Å². The van der Waals surface area contributed by atoms with E-state index in [-0.39, 0.29) is 0 Å². The monoisotopic (exact) mass is 150 g/mol. The van der Waals surface area contributed by atoms with Gasteiger partial charge in [0.1, 0.15) is 0 Å². The minimum absolute atomic E-state index is 0.389. The molecule has 4 heteroatoms. The molecule has 0 atom stereocenters. The first-order chi connectivity index (χ1) is 4.88. The number of nitrogens with zero attached hydrogens (tertiary/aromatic N) is 1. The standard InChI is InChI=1S/C6H7BN2S/c1-7-6-5(2-3-10-6)4-8-9-7/h2-4,9H,1H3/q-1. The zero-order valence-electron chi connectivity index (χ0n) is 5.66. The fraction of sp³-hybridized carbons (Fsp3) is 0.167. The van der Waals surface area contributed by atoms with Gasteiger partial charge in [-0.25, -0.2) is 5.10 Å². The molecule has 2 heterocycles. The molecular formula is C6H7BN2S-. The number of hydrogen-bond donors (Lipinski definition) is 1. The van der Waals surface area contributed by atoms with Crippen molar-refractivity contribution in [3.63, 3.8) is 0 Å². The number of nitrogens with one attached hydrogen (secondary N) is 1. The first-order valence-corrected chi connectivity index (χ1v) is 4.12. The highest BCUT2D eigenvalue weighted by Crippen LogP contribution is 2.04. The van der Waals surface area contributed by atoms with Crippen LogP contribution in [0, 0.1) is 0 Å². The van der Waals surface area contributed by atoms with Gasteiger partial charge >= 0.3 is 0 Å². The molecule has 2 nitrogen and oxygen atoms in total. The van der Waals surface area contributed by atoms with Gasteiger partial charge in [-0.1, -0.05) is 0 Å². The van der Waals surface area contributed by atoms with E-state index < -0.39 is 0 Å². The van der Waals surface area contributed by atoms with Gasteiger partial charge in [-0.05, 0) is 17.0 Å². The van der Waals surface area contributed by atoms with Crippen molar-refractivity contribution >= 4 is 29.2 Å². The van der Waals surface area contributed by atoms with Crippen LogP contribution in [-0.2, 0) is 0 Å². The van der Waals surface area contributed by atoms with Crippen LogP contribution in [0.3, 0.4) is 0 Å². The van der Waals surface area contributed by atoms with Crippen molar-refractivity contribution in [3.05, 3.63) is 17.0 Å². The van der Waals surface area contributed by atoms with Gasteiger partial charge in [0.05, 0.1) is 0 Å². The molecule has 0 fully saturated rings. The summed E-state index contributed by atoms with van der Waals surface area (Å²) in [4.78, 5) is 0. The number of rotatable bonds is 0. The number of fused-ring (bicyclic) bond motifs is 1. The maximum Gasteiger partial charge on any atom is 0.0471 e. The molecule has 1 aliphatic rings. The van der Waals surface area contributed by atoms with Gasteiger partial charge in [0.25, 0.3) is 0 Å². The van der Waals surface area contributed by atoms with Crippen LogP contribution in [0.4, 0.5) is 0 Å². The van der Waals surface area contributed by atoms with Gasteiger partial charge in [0, 0.05) is 13.1 Å². The second-order valence-electron chi connectivity index (χ2n) is 2.35. The van der Waals surface area contributed by atoms with E-state index in [1.807, 2.05) is 6.21 Å². The lowest BCUT2D eigenvalue weighted by molar-refractivity contribution is 1.07. The Bertz CT molecular complexity index is 268. The van der Waals surface area contributed by atoms with Gasteiger partial charge in [-0.3, -0.25) is 0 Å². The van der Waals surface area contributed by atoms with E-state index in [0.29, 0.717) is 6.85 Å². The summed E-state index contributed by atoms with van der Waals surface area (Å²) in [5, 5.41) is 9.10. The van der Waals surface area contributed by atoms with E-state index in [2.05, 4.69) is 28.7 Å². The second kappa shape index (κ2) is 2.13. The summed E-state index contributed by atoms with van der Waals surface area (Å²) < 4.78 is 1.38. The molecule has 1 aromatic heterocycles.